The molecule has 0 aliphatic heterocycles. The first-order chi connectivity index (χ1) is 11.1. The van der Waals surface area contributed by atoms with E-state index in [0.717, 1.165) is 22.1 Å². The van der Waals surface area contributed by atoms with Gasteiger partial charge in [-0.1, -0.05) is 30.3 Å². The molecule has 0 bridgehead atoms. The lowest BCUT2D eigenvalue weighted by molar-refractivity contribution is -0.134. The number of H-pyrrole nitrogens is 1. The van der Waals surface area contributed by atoms with Gasteiger partial charge in [0.05, 0.1) is 0 Å². The number of hydrogen-bond acceptors (Lipinski definition) is 3. The van der Waals surface area contributed by atoms with Crippen LogP contribution < -0.4 is 10.9 Å². The lowest BCUT2D eigenvalue weighted by Crippen LogP contribution is -2.13. The van der Waals surface area contributed by atoms with E-state index in [4.69, 9.17) is 5.11 Å². The van der Waals surface area contributed by atoms with E-state index in [1.54, 1.807) is 18.3 Å². The average Bonchev–Trinajstić information content (AvgIpc) is 2.54. The summed E-state index contributed by atoms with van der Waals surface area (Å²) in [5.41, 5.74) is 3.53. The quantitative estimate of drug-likeness (QED) is 0.692. The Bertz CT molecular complexity index is 944. The van der Waals surface area contributed by atoms with E-state index in [9.17, 15) is 9.59 Å². The summed E-state index contributed by atoms with van der Waals surface area (Å²) < 4.78 is 0. The molecule has 0 aliphatic rings. The zero-order chi connectivity index (χ0) is 16.4. The van der Waals surface area contributed by atoms with E-state index in [1.807, 2.05) is 37.3 Å². The average molecular weight is 308 g/mol. The lowest BCUT2D eigenvalue weighted by atomic mass is 9.97. The predicted octanol–water partition coefficient (Wildman–Crippen LogP) is 3.00. The van der Waals surface area contributed by atoms with E-state index in [-0.39, 0.29) is 12.1 Å². The molecule has 1 aromatic heterocycles. The van der Waals surface area contributed by atoms with Crippen molar-refractivity contribution in [2.75, 3.05) is 11.9 Å². The van der Waals surface area contributed by atoms with Crippen LogP contribution in [0.15, 0.2) is 53.5 Å². The Labute approximate surface area is 132 Å². The highest BCUT2D eigenvalue weighted by Crippen LogP contribution is 2.29. The Kier molecular flexibility index (Phi) is 3.85. The number of hydrogen-bond donors (Lipinski definition) is 3. The number of aromatic amines is 1. The molecule has 3 aromatic rings. The number of pyridine rings is 1. The summed E-state index contributed by atoms with van der Waals surface area (Å²) in [4.78, 5) is 25.5. The molecular formula is C18H16N2O3. The predicted molar refractivity (Wildman–Crippen MR) is 90.9 cm³/mol. The van der Waals surface area contributed by atoms with Gasteiger partial charge < -0.3 is 15.4 Å². The van der Waals surface area contributed by atoms with Gasteiger partial charge >= 0.3 is 5.97 Å². The van der Waals surface area contributed by atoms with Gasteiger partial charge in [-0.2, -0.15) is 0 Å². The molecule has 23 heavy (non-hydrogen) atoms. The SMILES string of the molecule is Cc1ccccc1-c1c[nH]c(=O)c2cc(NCC(=O)O)ccc12. The van der Waals surface area contributed by atoms with E-state index >= 15 is 0 Å². The van der Waals surface area contributed by atoms with E-state index in [2.05, 4.69) is 10.3 Å². The smallest absolute Gasteiger partial charge is 0.322 e. The highest BCUT2D eigenvalue weighted by atomic mass is 16.4. The molecule has 5 heteroatoms. The second-order valence-electron chi connectivity index (χ2n) is 5.35. The molecule has 0 radical (unpaired) electrons. The molecule has 0 fully saturated rings. The second kappa shape index (κ2) is 5.96. The summed E-state index contributed by atoms with van der Waals surface area (Å²) in [6.07, 6.45) is 1.72. The maximum atomic E-state index is 12.1. The van der Waals surface area contributed by atoms with E-state index in [0.29, 0.717) is 11.1 Å². The zero-order valence-electron chi connectivity index (χ0n) is 12.6. The van der Waals surface area contributed by atoms with Gasteiger partial charge in [0.2, 0.25) is 0 Å². The van der Waals surface area contributed by atoms with Crippen LogP contribution in [0.1, 0.15) is 5.56 Å². The third-order valence-corrected chi connectivity index (χ3v) is 3.78. The van der Waals surface area contributed by atoms with Crippen molar-refractivity contribution < 1.29 is 9.90 Å². The van der Waals surface area contributed by atoms with Crippen LogP contribution in [0.3, 0.4) is 0 Å². The van der Waals surface area contributed by atoms with Crippen molar-refractivity contribution in [1.29, 1.82) is 0 Å². The Morgan fingerprint density at radius 1 is 1.13 bits per heavy atom. The standard InChI is InChI=1S/C18H16N2O3/c1-11-4-2-3-5-13(11)16-9-20-18(23)15-8-12(6-7-14(15)16)19-10-17(21)22/h2-9,19H,10H2,1H3,(H,20,23)(H,21,22). The number of anilines is 1. The minimum absolute atomic E-state index is 0.194. The Hall–Kier alpha value is -3.08. The molecule has 0 saturated carbocycles. The van der Waals surface area contributed by atoms with Gasteiger partial charge in [0.25, 0.3) is 5.56 Å². The monoisotopic (exact) mass is 308 g/mol. The molecule has 0 spiro atoms. The number of carboxylic acids is 1. The third kappa shape index (κ3) is 2.94. The molecule has 0 saturated heterocycles. The van der Waals surface area contributed by atoms with Crippen molar-refractivity contribution in [2.45, 2.75) is 6.92 Å². The minimum atomic E-state index is -0.951. The fraction of sp³-hybridized carbons (Fsp3) is 0.111. The molecule has 3 N–H and O–H groups in total. The molecule has 116 valence electrons. The van der Waals surface area contributed by atoms with Crippen molar-refractivity contribution in [3.05, 3.63) is 64.6 Å². The first kappa shape index (κ1) is 14.8. The normalized spacial score (nSPS) is 10.7. The molecule has 0 amide bonds. The first-order valence-corrected chi connectivity index (χ1v) is 7.23. The van der Waals surface area contributed by atoms with Gasteiger partial charge in [0, 0.05) is 22.8 Å². The molecule has 0 atom stereocenters. The number of fused-ring (bicyclic) bond motifs is 1. The number of aliphatic carboxylic acids is 1. The summed E-state index contributed by atoms with van der Waals surface area (Å²) in [6, 6.07) is 13.3. The summed E-state index contributed by atoms with van der Waals surface area (Å²) >= 11 is 0. The molecule has 5 nitrogen and oxygen atoms in total. The van der Waals surface area contributed by atoms with Crippen molar-refractivity contribution in [3.63, 3.8) is 0 Å². The van der Waals surface area contributed by atoms with Gasteiger partial charge in [-0.05, 0) is 35.6 Å². The Balaban J connectivity index is 2.15. The van der Waals surface area contributed by atoms with Crippen LogP contribution in [0.4, 0.5) is 5.69 Å². The van der Waals surface area contributed by atoms with Crippen LogP contribution in [0.2, 0.25) is 0 Å². The number of aromatic nitrogens is 1. The summed E-state index contributed by atoms with van der Waals surface area (Å²) in [6.45, 7) is 1.83. The van der Waals surface area contributed by atoms with Crippen LogP contribution in [-0.4, -0.2) is 22.6 Å². The van der Waals surface area contributed by atoms with Crippen LogP contribution in [0, 0.1) is 6.92 Å². The Morgan fingerprint density at radius 2 is 1.91 bits per heavy atom. The molecule has 0 aliphatic carbocycles. The largest absolute Gasteiger partial charge is 0.480 e. The zero-order valence-corrected chi connectivity index (χ0v) is 12.6. The van der Waals surface area contributed by atoms with Crippen molar-refractivity contribution in [1.82, 2.24) is 4.98 Å². The number of carboxylic acid groups (broad SMARTS) is 1. The summed E-state index contributed by atoms with van der Waals surface area (Å²) in [5.74, 6) is -0.951. The Morgan fingerprint density at radius 3 is 2.65 bits per heavy atom. The number of rotatable bonds is 4. The first-order valence-electron chi connectivity index (χ1n) is 7.23. The molecule has 3 rings (SSSR count). The van der Waals surface area contributed by atoms with Crippen LogP contribution >= 0.6 is 0 Å². The maximum absolute atomic E-state index is 12.1. The number of nitrogens with one attached hydrogen (secondary N) is 2. The number of carbonyl (C=O) groups is 1. The molecule has 1 heterocycles. The number of aryl methyl sites for hydroxylation is 1. The van der Waals surface area contributed by atoms with E-state index < -0.39 is 5.97 Å². The van der Waals surface area contributed by atoms with Gasteiger partial charge in [-0.15, -0.1) is 0 Å². The van der Waals surface area contributed by atoms with Crippen LogP contribution in [0.5, 0.6) is 0 Å². The van der Waals surface area contributed by atoms with E-state index in [1.165, 1.54) is 0 Å². The van der Waals surface area contributed by atoms with Gasteiger partial charge in [-0.25, -0.2) is 0 Å². The minimum Gasteiger partial charge on any atom is -0.480 e. The van der Waals surface area contributed by atoms with Crippen molar-refractivity contribution >= 4 is 22.4 Å². The molecule has 0 unspecified atom stereocenters. The lowest BCUT2D eigenvalue weighted by Gasteiger charge is -2.11. The maximum Gasteiger partial charge on any atom is 0.322 e. The topological polar surface area (TPSA) is 82.2 Å². The van der Waals surface area contributed by atoms with Gasteiger partial charge in [-0.3, -0.25) is 9.59 Å². The van der Waals surface area contributed by atoms with Gasteiger partial charge in [0.15, 0.2) is 0 Å². The van der Waals surface area contributed by atoms with Crippen LogP contribution in [0.25, 0.3) is 21.9 Å². The number of benzene rings is 2. The van der Waals surface area contributed by atoms with Gasteiger partial charge in [0.1, 0.15) is 6.54 Å². The highest BCUT2D eigenvalue weighted by Gasteiger charge is 2.09. The molecular weight excluding hydrogens is 292 g/mol. The van der Waals surface area contributed by atoms with Crippen molar-refractivity contribution in [2.24, 2.45) is 0 Å². The summed E-state index contributed by atoms with van der Waals surface area (Å²) in [7, 11) is 0. The highest BCUT2D eigenvalue weighted by molar-refractivity contribution is 5.97. The van der Waals surface area contributed by atoms with Crippen molar-refractivity contribution in [3.8, 4) is 11.1 Å². The second-order valence-corrected chi connectivity index (χ2v) is 5.35. The summed E-state index contributed by atoms with van der Waals surface area (Å²) in [5, 5.41) is 12.9. The fourth-order valence-corrected chi connectivity index (χ4v) is 2.65. The molecule has 2 aromatic carbocycles. The van der Waals surface area contributed by atoms with Crippen LogP contribution in [-0.2, 0) is 4.79 Å². The fourth-order valence-electron chi connectivity index (χ4n) is 2.65. The third-order valence-electron chi connectivity index (χ3n) is 3.78.